The predicted octanol–water partition coefficient (Wildman–Crippen LogP) is 2.80. The molecule has 1 amide bonds. The van der Waals surface area contributed by atoms with Crippen molar-refractivity contribution in [1.82, 2.24) is 14.7 Å². The van der Waals surface area contributed by atoms with E-state index >= 15 is 0 Å². The van der Waals surface area contributed by atoms with Crippen LogP contribution in [0, 0.1) is 0 Å². The van der Waals surface area contributed by atoms with Crippen molar-refractivity contribution in [2.45, 2.75) is 19.0 Å². The molecular weight excluding hydrogens is 318 g/mol. The second kappa shape index (κ2) is 7.05. The number of hydrogen-bond acceptors (Lipinski definition) is 4. The van der Waals surface area contributed by atoms with Crippen LogP contribution in [0.5, 0.6) is 0 Å². The first-order chi connectivity index (χ1) is 11.8. The Kier molecular flexibility index (Phi) is 4.65. The van der Waals surface area contributed by atoms with E-state index in [-0.39, 0.29) is 11.9 Å². The molecule has 24 heavy (non-hydrogen) atoms. The molecule has 4 nitrogen and oxygen atoms in total. The minimum atomic E-state index is 0.267. The topological polar surface area (TPSA) is 26.8 Å². The Balaban J connectivity index is 1.29. The molecule has 0 saturated carbocycles. The molecule has 0 radical (unpaired) electrons. The smallest absolute Gasteiger partial charge is 0.226 e. The van der Waals surface area contributed by atoms with Crippen LogP contribution in [-0.4, -0.2) is 53.5 Å². The molecule has 1 aromatic heterocycles. The van der Waals surface area contributed by atoms with E-state index in [2.05, 4.69) is 51.6 Å². The summed E-state index contributed by atoms with van der Waals surface area (Å²) in [5.74, 6) is 0.282. The van der Waals surface area contributed by atoms with E-state index in [1.165, 1.54) is 10.4 Å². The van der Waals surface area contributed by atoms with Gasteiger partial charge in [0.05, 0.1) is 19.1 Å². The molecule has 0 bridgehead atoms. The van der Waals surface area contributed by atoms with Gasteiger partial charge in [-0.05, 0) is 17.0 Å². The minimum absolute atomic E-state index is 0.267. The number of carbonyl (C=O) groups is 1. The van der Waals surface area contributed by atoms with Gasteiger partial charge in [-0.15, -0.1) is 11.3 Å². The number of rotatable bonds is 5. The average Bonchev–Trinajstić information content (AvgIpc) is 3.13. The number of thiophene rings is 1. The number of amides is 1. The zero-order chi connectivity index (χ0) is 16.4. The standard InChI is InChI=1S/C19H23N3OS/c23-19-13-18(16-5-2-1-3-6-16)22(19)15-21-10-8-20(9-11-21)14-17-7-4-12-24-17/h1-7,12,18H,8-11,13-15H2. The molecule has 3 heterocycles. The Bertz CT molecular complexity index is 665. The second-order valence-electron chi connectivity index (χ2n) is 6.61. The van der Waals surface area contributed by atoms with Gasteiger partial charge in [-0.3, -0.25) is 14.6 Å². The molecule has 126 valence electrons. The molecule has 2 aromatic rings. The van der Waals surface area contributed by atoms with E-state index in [1.54, 1.807) is 0 Å². The molecule has 4 rings (SSSR count). The van der Waals surface area contributed by atoms with Crippen molar-refractivity contribution in [3.63, 3.8) is 0 Å². The fraction of sp³-hybridized carbons (Fsp3) is 0.421. The molecule has 0 N–H and O–H groups in total. The van der Waals surface area contributed by atoms with Gasteiger partial charge in [0.1, 0.15) is 0 Å². The summed E-state index contributed by atoms with van der Waals surface area (Å²) in [6.45, 7) is 6.06. The molecule has 2 aliphatic rings. The summed E-state index contributed by atoms with van der Waals surface area (Å²) < 4.78 is 0. The first kappa shape index (κ1) is 15.8. The molecule has 1 unspecified atom stereocenters. The highest BCUT2D eigenvalue weighted by Gasteiger charge is 2.38. The van der Waals surface area contributed by atoms with Crippen LogP contribution >= 0.6 is 11.3 Å². The van der Waals surface area contributed by atoms with Gasteiger partial charge < -0.3 is 4.90 Å². The maximum atomic E-state index is 12.1. The third-order valence-corrected chi connectivity index (χ3v) is 5.89. The largest absolute Gasteiger partial charge is 0.322 e. The van der Waals surface area contributed by atoms with E-state index in [1.807, 2.05) is 22.3 Å². The summed E-state index contributed by atoms with van der Waals surface area (Å²) in [6, 6.07) is 15.0. The molecular formula is C19H23N3OS. The van der Waals surface area contributed by atoms with Crippen molar-refractivity contribution in [3.8, 4) is 0 Å². The average molecular weight is 341 g/mol. The lowest BCUT2D eigenvalue weighted by molar-refractivity contribution is -0.150. The van der Waals surface area contributed by atoms with Gasteiger partial charge in [-0.2, -0.15) is 0 Å². The maximum Gasteiger partial charge on any atom is 0.226 e. The van der Waals surface area contributed by atoms with Crippen LogP contribution in [0.4, 0.5) is 0 Å². The minimum Gasteiger partial charge on any atom is -0.322 e. The van der Waals surface area contributed by atoms with Crippen LogP contribution in [0.15, 0.2) is 47.8 Å². The number of nitrogens with zero attached hydrogens (tertiary/aromatic N) is 3. The van der Waals surface area contributed by atoms with Gasteiger partial charge in [0, 0.05) is 37.6 Å². The number of carbonyl (C=O) groups excluding carboxylic acids is 1. The van der Waals surface area contributed by atoms with Gasteiger partial charge in [0.2, 0.25) is 5.91 Å². The summed E-state index contributed by atoms with van der Waals surface area (Å²) in [4.78, 5) is 20.4. The summed E-state index contributed by atoms with van der Waals surface area (Å²) in [5.41, 5.74) is 1.26. The van der Waals surface area contributed by atoms with Crippen molar-refractivity contribution in [1.29, 1.82) is 0 Å². The second-order valence-corrected chi connectivity index (χ2v) is 7.64. The van der Waals surface area contributed by atoms with Crippen LogP contribution in [0.1, 0.15) is 22.9 Å². The highest BCUT2D eigenvalue weighted by molar-refractivity contribution is 7.09. The van der Waals surface area contributed by atoms with Crippen LogP contribution in [0.2, 0.25) is 0 Å². The summed E-state index contributed by atoms with van der Waals surface area (Å²) in [7, 11) is 0. The van der Waals surface area contributed by atoms with Crippen molar-refractivity contribution in [2.75, 3.05) is 32.8 Å². The number of piperazine rings is 1. The van der Waals surface area contributed by atoms with E-state index < -0.39 is 0 Å². The van der Waals surface area contributed by atoms with Gasteiger partial charge in [-0.25, -0.2) is 0 Å². The molecule has 2 saturated heterocycles. The van der Waals surface area contributed by atoms with Crippen molar-refractivity contribution < 1.29 is 4.79 Å². The zero-order valence-electron chi connectivity index (χ0n) is 13.8. The summed E-state index contributed by atoms with van der Waals surface area (Å²) in [6.07, 6.45) is 0.655. The van der Waals surface area contributed by atoms with E-state index in [0.717, 1.165) is 39.4 Å². The van der Waals surface area contributed by atoms with Crippen LogP contribution in [-0.2, 0) is 11.3 Å². The van der Waals surface area contributed by atoms with Crippen molar-refractivity contribution >= 4 is 17.2 Å². The Hall–Kier alpha value is -1.69. The Morgan fingerprint density at radius 3 is 2.38 bits per heavy atom. The van der Waals surface area contributed by atoms with Gasteiger partial charge in [0.25, 0.3) is 0 Å². The highest BCUT2D eigenvalue weighted by atomic mass is 32.1. The summed E-state index contributed by atoms with van der Waals surface area (Å²) in [5, 5.41) is 2.14. The van der Waals surface area contributed by atoms with Crippen LogP contribution in [0.3, 0.4) is 0 Å². The molecule has 1 aromatic carbocycles. The lowest BCUT2D eigenvalue weighted by atomic mass is 9.94. The third kappa shape index (κ3) is 3.38. The van der Waals surface area contributed by atoms with Gasteiger partial charge in [0.15, 0.2) is 0 Å². The van der Waals surface area contributed by atoms with Gasteiger partial charge in [-0.1, -0.05) is 36.4 Å². The molecule has 2 aliphatic heterocycles. The quantitative estimate of drug-likeness (QED) is 0.783. The molecule has 1 atom stereocenters. The lowest BCUT2D eigenvalue weighted by Crippen LogP contribution is -2.55. The zero-order valence-corrected chi connectivity index (χ0v) is 14.6. The number of likely N-dealkylation sites (tertiary alicyclic amines) is 1. The number of β-lactam (4-membered cyclic amide) rings is 1. The fourth-order valence-electron chi connectivity index (χ4n) is 3.53. The molecule has 2 fully saturated rings. The maximum absolute atomic E-state index is 12.1. The number of hydrogen-bond donors (Lipinski definition) is 0. The highest BCUT2D eigenvalue weighted by Crippen LogP contribution is 2.34. The Morgan fingerprint density at radius 1 is 0.958 bits per heavy atom. The fourth-order valence-corrected chi connectivity index (χ4v) is 4.28. The monoisotopic (exact) mass is 341 g/mol. The molecule has 5 heteroatoms. The third-order valence-electron chi connectivity index (χ3n) is 5.03. The summed E-state index contributed by atoms with van der Waals surface area (Å²) >= 11 is 1.83. The lowest BCUT2D eigenvalue weighted by Gasteiger charge is -2.45. The Morgan fingerprint density at radius 2 is 1.71 bits per heavy atom. The molecule has 0 aliphatic carbocycles. The van der Waals surface area contributed by atoms with E-state index in [4.69, 9.17) is 0 Å². The number of benzene rings is 1. The molecule has 0 spiro atoms. The van der Waals surface area contributed by atoms with Gasteiger partial charge >= 0.3 is 0 Å². The normalized spacial score (nSPS) is 22.6. The van der Waals surface area contributed by atoms with Crippen molar-refractivity contribution in [3.05, 3.63) is 58.3 Å². The van der Waals surface area contributed by atoms with Crippen LogP contribution in [0.25, 0.3) is 0 Å². The predicted molar refractivity (Wildman–Crippen MR) is 96.7 cm³/mol. The van der Waals surface area contributed by atoms with Crippen LogP contribution < -0.4 is 0 Å². The first-order valence-corrected chi connectivity index (χ1v) is 9.49. The SMILES string of the molecule is O=C1CC(c2ccccc2)N1CN1CCN(Cc2cccs2)CC1. The van der Waals surface area contributed by atoms with Crippen molar-refractivity contribution in [2.24, 2.45) is 0 Å². The van der Waals surface area contributed by atoms with E-state index in [9.17, 15) is 4.79 Å². The first-order valence-electron chi connectivity index (χ1n) is 8.61. The van der Waals surface area contributed by atoms with E-state index in [0.29, 0.717) is 6.42 Å². The Labute approximate surface area is 147 Å².